The third-order valence-corrected chi connectivity index (χ3v) is 5.57. The maximum absolute atomic E-state index is 12.9. The second-order valence-corrected chi connectivity index (χ2v) is 8.68. The number of halogens is 1. The Morgan fingerprint density at radius 2 is 1.65 bits per heavy atom. The SMILES string of the molecule is Cc1cc(C)cc(CSCC(=O)N/N=C/c2ccc(OCC(=O)Nc3ccc(F)cc3)cc2)c1. The number of anilines is 1. The highest BCUT2D eigenvalue weighted by atomic mass is 32.2. The number of hydrazone groups is 1. The molecule has 2 N–H and O–H groups in total. The van der Waals surface area contributed by atoms with Crippen LogP contribution in [0.3, 0.4) is 0 Å². The van der Waals surface area contributed by atoms with Crippen molar-refractivity contribution in [2.24, 2.45) is 5.10 Å². The Hall–Kier alpha value is -3.65. The Bertz CT molecular complexity index is 1130. The highest BCUT2D eigenvalue weighted by Crippen LogP contribution is 2.16. The van der Waals surface area contributed by atoms with Crippen LogP contribution < -0.4 is 15.5 Å². The molecule has 3 aromatic carbocycles. The molecule has 0 aliphatic heterocycles. The second-order valence-electron chi connectivity index (χ2n) is 7.69. The molecule has 2 amide bonds. The molecule has 3 rings (SSSR count). The van der Waals surface area contributed by atoms with E-state index in [1.165, 1.54) is 58.9 Å². The van der Waals surface area contributed by atoms with Crippen molar-refractivity contribution >= 4 is 35.5 Å². The molecule has 0 radical (unpaired) electrons. The first-order chi connectivity index (χ1) is 16.4. The van der Waals surface area contributed by atoms with Crippen molar-refractivity contribution in [2.75, 3.05) is 17.7 Å². The van der Waals surface area contributed by atoms with Gasteiger partial charge in [0.25, 0.3) is 5.91 Å². The molecule has 0 aliphatic carbocycles. The van der Waals surface area contributed by atoms with Crippen molar-refractivity contribution in [3.8, 4) is 5.75 Å². The summed E-state index contributed by atoms with van der Waals surface area (Å²) in [6.07, 6.45) is 1.54. The largest absolute Gasteiger partial charge is 0.484 e. The average molecular weight is 480 g/mol. The summed E-state index contributed by atoms with van der Waals surface area (Å²) in [7, 11) is 0. The summed E-state index contributed by atoms with van der Waals surface area (Å²) in [5, 5.41) is 6.61. The highest BCUT2D eigenvalue weighted by molar-refractivity contribution is 7.99. The molecule has 3 aromatic rings. The van der Waals surface area contributed by atoms with Crippen molar-refractivity contribution in [3.63, 3.8) is 0 Å². The first-order valence-electron chi connectivity index (χ1n) is 10.6. The minimum atomic E-state index is -0.371. The van der Waals surface area contributed by atoms with Crippen LogP contribution >= 0.6 is 11.8 Å². The zero-order chi connectivity index (χ0) is 24.3. The van der Waals surface area contributed by atoms with Crippen molar-refractivity contribution in [1.82, 2.24) is 5.43 Å². The van der Waals surface area contributed by atoms with E-state index in [0.717, 1.165) is 11.3 Å². The van der Waals surface area contributed by atoms with E-state index in [-0.39, 0.29) is 24.2 Å². The van der Waals surface area contributed by atoms with Crippen LogP contribution in [0.1, 0.15) is 22.3 Å². The first kappa shape index (κ1) is 25.0. The fourth-order valence-electron chi connectivity index (χ4n) is 3.15. The van der Waals surface area contributed by atoms with Gasteiger partial charge in [0.2, 0.25) is 5.91 Å². The van der Waals surface area contributed by atoms with Gasteiger partial charge in [0.1, 0.15) is 11.6 Å². The van der Waals surface area contributed by atoms with Gasteiger partial charge in [0.15, 0.2) is 6.61 Å². The van der Waals surface area contributed by atoms with Gasteiger partial charge < -0.3 is 10.1 Å². The van der Waals surface area contributed by atoms with Gasteiger partial charge in [-0.25, -0.2) is 9.82 Å². The van der Waals surface area contributed by atoms with Gasteiger partial charge in [0.05, 0.1) is 12.0 Å². The van der Waals surface area contributed by atoms with E-state index in [0.29, 0.717) is 17.2 Å². The van der Waals surface area contributed by atoms with Gasteiger partial charge in [-0.1, -0.05) is 29.3 Å². The zero-order valence-corrected chi connectivity index (χ0v) is 19.8. The van der Waals surface area contributed by atoms with Crippen molar-refractivity contribution in [2.45, 2.75) is 19.6 Å². The van der Waals surface area contributed by atoms with Crippen molar-refractivity contribution in [3.05, 3.63) is 94.8 Å². The Labute approximate surface area is 202 Å². The summed E-state index contributed by atoms with van der Waals surface area (Å²) < 4.78 is 18.4. The number of hydrogen-bond acceptors (Lipinski definition) is 5. The van der Waals surface area contributed by atoms with Crippen LogP contribution in [0.2, 0.25) is 0 Å². The van der Waals surface area contributed by atoms with Crippen LogP contribution in [0.4, 0.5) is 10.1 Å². The van der Waals surface area contributed by atoms with E-state index in [1.54, 1.807) is 24.3 Å². The van der Waals surface area contributed by atoms with Gasteiger partial charge >= 0.3 is 0 Å². The van der Waals surface area contributed by atoms with Gasteiger partial charge in [-0.2, -0.15) is 5.10 Å². The van der Waals surface area contributed by atoms with Crippen molar-refractivity contribution in [1.29, 1.82) is 0 Å². The number of amides is 2. The number of nitrogens with zero attached hydrogens (tertiary/aromatic N) is 1. The molecule has 0 spiro atoms. The zero-order valence-electron chi connectivity index (χ0n) is 19.0. The van der Waals surface area contributed by atoms with E-state index < -0.39 is 0 Å². The molecule has 0 saturated carbocycles. The molecule has 0 aliphatic rings. The van der Waals surface area contributed by atoms with Crippen LogP contribution in [0.5, 0.6) is 5.75 Å². The van der Waals surface area contributed by atoms with Crippen LogP contribution in [0.25, 0.3) is 0 Å². The highest BCUT2D eigenvalue weighted by Gasteiger charge is 2.05. The summed E-state index contributed by atoms with van der Waals surface area (Å²) in [5.74, 6) is 0.705. The molecular weight excluding hydrogens is 453 g/mol. The number of rotatable bonds is 10. The summed E-state index contributed by atoms with van der Waals surface area (Å²) in [4.78, 5) is 23.9. The number of nitrogens with one attached hydrogen (secondary N) is 2. The number of carbonyl (C=O) groups is 2. The molecule has 0 aromatic heterocycles. The molecule has 0 unspecified atom stereocenters. The molecule has 34 heavy (non-hydrogen) atoms. The van der Waals surface area contributed by atoms with Crippen LogP contribution in [-0.4, -0.2) is 30.4 Å². The second kappa shape index (κ2) is 12.6. The van der Waals surface area contributed by atoms with E-state index in [4.69, 9.17) is 4.74 Å². The fourth-order valence-corrected chi connectivity index (χ4v) is 3.91. The standard InChI is InChI=1S/C26H26FN3O3S/c1-18-11-19(2)13-21(12-18)16-34-17-26(32)30-28-14-20-3-9-24(10-4-20)33-15-25(31)29-23-7-5-22(27)6-8-23/h3-14H,15-17H2,1-2H3,(H,29,31)(H,30,32)/b28-14+. The minimum absolute atomic E-state index is 0.169. The monoisotopic (exact) mass is 479 g/mol. The molecule has 176 valence electrons. The predicted octanol–water partition coefficient (Wildman–Crippen LogP) is 4.84. The Morgan fingerprint density at radius 3 is 2.32 bits per heavy atom. The topological polar surface area (TPSA) is 79.8 Å². The molecule has 0 fully saturated rings. The molecule has 0 heterocycles. The van der Waals surface area contributed by atoms with E-state index in [9.17, 15) is 14.0 Å². The van der Waals surface area contributed by atoms with Gasteiger partial charge in [-0.3, -0.25) is 9.59 Å². The smallest absolute Gasteiger partial charge is 0.262 e. The number of hydrogen-bond donors (Lipinski definition) is 2. The summed E-state index contributed by atoms with van der Waals surface area (Å²) in [5.41, 5.74) is 7.42. The third-order valence-electron chi connectivity index (χ3n) is 4.56. The molecule has 0 saturated heterocycles. The van der Waals surface area contributed by atoms with Gasteiger partial charge in [0, 0.05) is 11.4 Å². The lowest BCUT2D eigenvalue weighted by Gasteiger charge is -2.07. The Balaban J connectivity index is 1.36. The maximum Gasteiger partial charge on any atom is 0.262 e. The lowest BCUT2D eigenvalue weighted by atomic mass is 10.1. The van der Waals surface area contributed by atoms with E-state index >= 15 is 0 Å². The van der Waals surface area contributed by atoms with Gasteiger partial charge in [-0.15, -0.1) is 11.8 Å². The van der Waals surface area contributed by atoms with E-state index in [1.807, 2.05) is 0 Å². The molecule has 0 bridgehead atoms. The molecule has 0 atom stereocenters. The summed E-state index contributed by atoms with van der Waals surface area (Å²) >= 11 is 1.54. The van der Waals surface area contributed by atoms with Crippen LogP contribution in [0, 0.1) is 19.7 Å². The van der Waals surface area contributed by atoms with E-state index in [2.05, 4.69) is 47.9 Å². The maximum atomic E-state index is 12.9. The molecule has 8 heteroatoms. The minimum Gasteiger partial charge on any atom is -0.484 e. The van der Waals surface area contributed by atoms with Crippen LogP contribution in [-0.2, 0) is 15.3 Å². The first-order valence-corrected chi connectivity index (χ1v) is 11.8. The molecular formula is C26H26FN3O3S. The number of benzene rings is 3. The van der Waals surface area contributed by atoms with Crippen molar-refractivity contribution < 1.29 is 18.7 Å². The number of thioether (sulfide) groups is 1. The summed E-state index contributed by atoms with van der Waals surface area (Å²) in [6.45, 7) is 3.95. The quantitative estimate of drug-likeness (QED) is 0.322. The number of ether oxygens (including phenoxy) is 1. The Morgan fingerprint density at radius 1 is 0.971 bits per heavy atom. The third kappa shape index (κ3) is 8.71. The molecule has 6 nitrogen and oxygen atoms in total. The Kier molecular flexibility index (Phi) is 9.22. The van der Waals surface area contributed by atoms with Gasteiger partial charge in [-0.05, 0) is 73.5 Å². The number of aryl methyl sites for hydroxylation is 2. The summed E-state index contributed by atoms with van der Waals surface area (Å²) in [6, 6.07) is 18.8. The fraction of sp³-hybridized carbons (Fsp3) is 0.192. The predicted molar refractivity (Wildman–Crippen MR) is 135 cm³/mol. The number of carbonyl (C=O) groups excluding carboxylic acids is 2. The lowest BCUT2D eigenvalue weighted by Crippen LogP contribution is -2.20. The normalized spacial score (nSPS) is 10.8. The van der Waals surface area contributed by atoms with Crippen LogP contribution in [0.15, 0.2) is 71.8 Å². The lowest BCUT2D eigenvalue weighted by molar-refractivity contribution is -0.119. The average Bonchev–Trinajstić information content (AvgIpc) is 2.79.